The summed E-state index contributed by atoms with van der Waals surface area (Å²) in [7, 11) is 0. The number of rotatable bonds is 4. The summed E-state index contributed by atoms with van der Waals surface area (Å²) in [6.07, 6.45) is 0. The summed E-state index contributed by atoms with van der Waals surface area (Å²) < 4.78 is 5.69. The summed E-state index contributed by atoms with van der Waals surface area (Å²) >= 11 is 0. The van der Waals surface area contributed by atoms with Gasteiger partial charge in [-0.05, 0) is 24.6 Å². The number of hydrogen-bond donors (Lipinski definition) is 1. The zero-order chi connectivity index (χ0) is 10.7. The van der Waals surface area contributed by atoms with Crippen LogP contribution in [0.25, 0.3) is 11.0 Å². The minimum Gasteiger partial charge on any atom is -0.460 e. The lowest BCUT2D eigenvalue weighted by Crippen LogP contribution is -2.18. The van der Waals surface area contributed by atoms with Crippen LogP contribution in [0.5, 0.6) is 0 Å². The van der Waals surface area contributed by atoms with Crippen LogP contribution in [0.4, 0.5) is 0 Å². The van der Waals surface area contributed by atoms with E-state index in [-0.39, 0.29) is 0 Å². The standard InChI is InChI=1S/C13H17NO/c1-10(2)8-14-9-12-7-11-5-3-4-6-13(11)15-12/h3-7,10,14H,8-9H2,1-2H3. The Hall–Kier alpha value is -1.28. The van der Waals surface area contributed by atoms with Crippen molar-refractivity contribution in [2.75, 3.05) is 6.54 Å². The molecule has 0 aliphatic heterocycles. The largest absolute Gasteiger partial charge is 0.460 e. The van der Waals surface area contributed by atoms with Gasteiger partial charge >= 0.3 is 0 Å². The average molecular weight is 203 g/mol. The van der Waals surface area contributed by atoms with Crippen molar-refractivity contribution >= 4 is 11.0 Å². The summed E-state index contributed by atoms with van der Waals surface area (Å²) in [6.45, 7) is 6.24. The summed E-state index contributed by atoms with van der Waals surface area (Å²) in [4.78, 5) is 0. The maximum atomic E-state index is 5.69. The summed E-state index contributed by atoms with van der Waals surface area (Å²) in [5.74, 6) is 1.69. The highest BCUT2D eigenvalue weighted by Gasteiger charge is 2.02. The van der Waals surface area contributed by atoms with Gasteiger partial charge in [0.2, 0.25) is 0 Å². The number of furan rings is 1. The minimum absolute atomic E-state index is 0.675. The third kappa shape index (κ3) is 2.60. The zero-order valence-electron chi connectivity index (χ0n) is 9.29. The van der Waals surface area contributed by atoms with Crippen LogP contribution in [0.1, 0.15) is 19.6 Å². The molecule has 2 aromatic rings. The van der Waals surface area contributed by atoms with Crippen LogP contribution in [0.2, 0.25) is 0 Å². The molecular formula is C13H17NO. The average Bonchev–Trinajstić information content (AvgIpc) is 2.59. The van der Waals surface area contributed by atoms with Crippen molar-refractivity contribution in [1.82, 2.24) is 5.32 Å². The van der Waals surface area contributed by atoms with Gasteiger partial charge in [0.05, 0.1) is 6.54 Å². The highest BCUT2D eigenvalue weighted by Crippen LogP contribution is 2.18. The smallest absolute Gasteiger partial charge is 0.134 e. The molecule has 1 aromatic carbocycles. The molecule has 0 radical (unpaired) electrons. The molecule has 1 N–H and O–H groups in total. The first kappa shape index (κ1) is 10.2. The van der Waals surface area contributed by atoms with Gasteiger partial charge in [0.1, 0.15) is 11.3 Å². The van der Waals surface area contributed by atoms with Crippen LogP contribution >= 0.6 is 0 Å². The number of fused-ring (bicyclic) bond motifs is 1. The van der Waals surface area contributed by atoms with Crippen LogP contribution in [-0.4, -0.2) is 6.54 Å². The van der Waals surface area contributed by atoms with Gasteiger partial charge in [-0.1, -0.05) is 32.0 Å². The number of para-hydroxylation sites is 1. The first-order valence-electron chi connectivity index (χ1n) is 5.44. The van der Waals surface area contributed by atoms with E-state index in [1.165, 1.54) is 5.39 Å². The molecule has 2 rings (SSSR count). The fraction of sp³-hybridized carbons (Fsp3) is 0.385. The Kier molecular flexibility index (Phi) is 3.07. The van der Waals surface area contributed by atoms with Gasteiger partial charge in [0.25, 0.3) is 0 Å². The Morgan fingerprint density at radius 2 is 2.07 bits per heavy atom. The van der Waals surface area contributed by atoms with E-state index in [0.29, 0.717) is 5.92 Å². The molecule has 0 bridgehead atoms. The second-order valence-electron chi connectivity index (χ2n) is 4.28. The molecule has 2 nitrogen and oxygen atoms in total. The predicted molar refractivity (Wildman–Crippen MR) is 62.8 cm³/mol. The van der Waals surface area contributed by atoms with Gasteiger partial charge in [-0.3, -0.25) is 0 Å². The van der Waals surface area contributed by atoms with Crippen LogP contribution in [0, 0.1) is 5.92 Å². The van der Waals surface area contributed by atoms with E-state index < -0.39 is 0 Å². The third-order valence-electron chi connectivity index (χ3n) is 2.33. The number of benzene rings is 1. The number of hydrogen-bond acceptors (Lipinski definition) is 2. The van der Waals surface area contributed by atoms with Crippen molar-refractivity contribution in [1.29, 1.82) is 0 Å². The van der Waals surface area contributed by atoms with Crippen molar-refractivity contribution < 1.29 is 4.42 Å². The van der Waals surface area contributed by atoms with Crippen molar-refractivity contribution in [2.24, 2.45) is 5.92 Å². The molecule has 1 aromatic heterocycles. The monoisotopic (exact) mass is 203 g/mol. The molecule has 0 aliphatic rings. The van der Waals surface area contributed by atoms with E-state index in [0.717, 1.165) is 24.4 Å². The molecule has 0 aliphatic carbocycles. The fourth-order valence-electron chi connectivity index (χ4n) is 1.61. The van der Waals surface area contributed by atoms with Crippen molar-refractivity contribution in [3.05, 3.63) is 36.1 Å². The summed E-state index contributed by atoms with van der Waals surface area (Å²) in [5.41, 5.74) is 0.971. The maximum Gasteiger partial charge on any atom is 0.134 e. The summed E-state index contributed by atoms with van der Waals surface area (Å²) in [6, 6.07) is 10.2. The second-order valence-corrected chi connectivity index (χ2v) is 4.28. The van der Waals surface area contributed by atoms with Gasteiger partial charge < -0.3 is 9.73 Å². The zero-order valence-corrected chi connectivity index (χ0v) is 9.29. The Bertz CT molecular complexity index is 398. The molecule has 0 spiro atoms. The molecule has 0 saturated heterocycles. The molecule has 15 heavy (non-hydrogen) atoms. The third-order valence-corrected chi connectivity index (χ3v) is 2.33. The van der Waals surface area contributed by atoms with E-state index in [2.05, 4.69) is 31.3 Å². The van der Waals surface area contributed by atoms with E-state index in [1.807, 2.05) is 18.2 Å². The molecule has 2 heteroatoms. The Morgan fingerprint density at radius 1 is 1.27 bits per heavy atom. The highest BCUT2D eigenvalue weighted by molar-refractivity contribution is 5.77. The Labute approximate surface area is 90.3 Å². The van der Waals surface area contributed by atoms with Gasteiger partial charge in [0.15, 0.2) is 0 Å². The molecule has 1 heterocycles. The van der Waals surface area contributed by atoms with Gasteiger partial charge in [-0.2, -0.15) is 0 Å². The van der Waals surface area contributed by atoms with Crippen LogP contribution in [0.15, 0.2) is 34.7 Å². The minimum atomic E-state index is 0.675. The lowest BCUT2D eigenvalue weighted by Gasteiger charge is -2.04. The van der Waals surface area contributed by atoms with Crippen molar-refractivity contribution in [3.63, 3.8) is 0 Å². The highest BCUT2D eigenvalue weighted by atomic mass is 16.3. The van der Waals surface area contributed by atoms with Gasteiger partial charge in [-0.15, -0.1) is 0 Å². The Morgan fingerprint density at radius 3 is 2.80 bits per heavy atom. The molecule has 0 atom stereocenters. The van der Waals surface area contributed by atoms with E-state index >= 15 is 0 Å². The molecular weight excluding hydrogens is 186 g/mol. The van der Waals surface area contributed by atoms with Gasteiger partial charge in [0, 0.05) is 5.39 Å². The molecule has 0 fully saturated rings. The lowest BCUT2D eigenvalue weighted by molar-refractivity contribution is 0.485. The van der Waals surface area contributed by atoms with Gasteiger partial charge in [-0.25, -0.2) is 0 Å². The SMILES string of the molecule is CC(C)CNCc1cc2ccccc2o1. The topological polar surface area (TPSA) is 25.2 Å². The van der Waals surface area contributed by atoms with E-state index in [4.69, 9.17) is 4.42 Å². The lowest BCUT2D eigenvalue weighted by atomic mass is 10.2. The van der Waals surface area contributed by atoms with E-state index in [1.54, 1.807) is 0 Å². The molecule has 80 valence electrons. The summed E-state index contributed by atoms with van der Waals surface area (Å²) in [5, 5.41) is 4.55. The Balaban J connectivity index is 2.03. The van der Waals surface area contributed by atoms with Crippen molar-refractivity contribution in [2.45, 2.75) is 20.4 Å². The van der Waals surface area contributed by atoms with Crippen molar-refractivity contribution in [3.8, 4) is 0 Å². The quantitative estimate of drug-likeness (QED) is 0.825. The number of nitrogens with one attached hydrogen (secondary N) is 1. The van der Waals surface area contributed by atoms with Crippen LogP contribution in [-0.2, 0) is 6.54 Å². The normalized spacial score (nSPS) is 11.4. The van der Waals surface area contributed by atoms with E-state index in [9.17, 15) is 0 Å². The predicted octanol–water partition coefficient (Wildman–Crippen LogP) is 3.18. The van der Waals surface area contributed by atoms with Crippen LogP contribution in [0.3, 0.4) is 0 Å². The fourth-order valence-corrected chi connectivity index (χ4v) is 1.61. The first-order chi connectivity index (χ1) is 7.25. The molecule has 0 saturated carbocycles. The molecule has 0 amide bonds. The van der Waals surface area contributed by atoms with Crippen LogP contribution < -0.4 is 5.32 Å². The second kappa shape index (κ2) is 4.49. The molecule has 0 unspecified atom stereocenters. The first-order valence-corrected chi connectivity index (χ1v) is 5.44. The maximum absolute atomic E-state index is 5.69.